The lowest BCUT2D eigenvalue weighted by atomic mass is 9.97. The molecule has 0 atom stereocenters. The highest BCUT2D eigenvalue weighted by atomic mass is 16.3. The van der Waals surface area contributed by atoms with Gasteiger partial charge in [0.05, 0.1) is 22.3 Å². The van der Waals surface area contributed by atoms with E-state index in [1.54, 1.807) is 18.5 Å². The molecule has 0 radical (unpaired) electrons. The average molecular weight is 297 g/mol. The number of nitrogens with zero attached hydrogens (tertiary/aromatic N) is 3. The Hall–Kier alpha value is -3.45. The van der Waals surface area contributed by atoms with Crippen molar-refractivity contribution in [3.63, 3.8) is 0 Å². The molecule has 0 amide bonds. The smallest absolute Gasteiger partial charge is 0.141 e. The fourth-order valence-corrected chi connectivity index (χ4v) is 2.72. The average Bonchev–Trinajstić information content (AvgIpc) is 2.61. The molecule has 2 aromatic heterocycles. The fraction of sp³-hybridized carbons (Fsp3) is 0. The Bertz CT molecular complexity index is 1100. The Labute approximate surface area is 132 Å². The third-order valence-corrected chi connectivity index (χ3v) is 3.82. The number of hydrogen-bond donors (Lipinski definition) is 1. The predicted molar refractivity (Wildman–Crippen MR) is 89.9 cm³/mol. The number of phenols is 1. The van der Waals surface area contributed by atoms with Crippen LogP contribution < -0.4 is 0 Å². The standard InChI is InChI=1S/C19H11N3O/c1-2-12-7-13-5-3-4-6-15(13)18(19(12)23)17-8-16-14(10-21-17)9-20-11-22-16/h1,3-11,23H. The molecule has 0 unspecified atom stereocenters. The summed E-state index contributed by atoms with van der Waals surface area (Å²) in [7, 11) is 0. The molecule has 0 saturated heterocycles. The summed E-state index contributed by atoms with van der Waals surface area (Å²) >= 11 is 0. The summed E-state index contributed by atoms with van der Waals surface area (Å²) in [6, 6.07) is 11.4. The Kier molecular flexibility index (Phi) is 2.92. The highest BCUT2D eigenvalue weighted by Gasteiger charge is 2.15. The molecule has 4 rings (SSSR count). The number of rotatable bonds is 1. The molecule has 0 aliphatic rings. The number of aromatic hydroxyl groups is 1. The van der Waals surface area contributed by atoms with Crippen molar-refractivity contribution in [3.05, 3.63) is 60.7 Å². The largest absolute Gasteiger partial charge is 0.506 e. The Balaban J connectivity index is 2.10. The van der Waals surface area contributed by atoms with Crippen LogP contribution in [0.5, 0.6) is 5.75 Å². The number of aromatic nitrogens is 3. The quantitative estimate of drug-likeness (QED) is 0.546. The number of terminal acetylenes is 1. The van der Waals surface area contributed by atoms with Gasteiger partial charge in [-0.05, 0) is 22.9 Å². The van der Waals surface area contributed by atoms with Crippen LogP contribution in [-0.2, 0) is 0 Å². The monoisotopic (exact) mass is 297 g/mol. The molecule has 23 heavy (non-hydrogen) atoms. The minimum absolute atomic E-state index is 0.0621. The van der Waals surface area contributed by atoms with E-state index in [9.17, 15) is 5.11 Å². The summed E-state index contributed by atoms with van der Waals surface area (Å²) in [5.74, 6) is 2.59. The maximum Gasteiger partial charge on any atom is 0.141 e. The van der Waals surface area contributed by atoms with Crippen LogP contribution >= 0.6 is 0 Å². The van der Waals surface area contributed by atoms with E-state index in [0.29, 0.717) is 16.8 Å². The second kappa shape index (κ2) is 5.08. The van der Waals surface area contributed by atoms with Crippen molar-refractivity contribution in [3.8, 4) is 29.4 Å². The third-order valence-electron chi connectivity index (χ3n) is 3.82. The molecule has 0 aliphatic carbocycles. The first kappa shape index (κ1) is 13.2. The van der Waals surface area contributed by atoms with Gasteiger partial charge in [0.1, 0.15) is 12.1 Å². The van der Waals surface area contributed by atoms with Crippen molar-refractivity contribution in [2.45, 2.75) is 0 Å². The van der Waals surface area contributed by atoms with E-state index in [2.05, 4.69) is 20.9 Å². The lowest BCUT2D eigenvalue weighted by Gasteiger charge is -2.11. The summed E-state index contributed by atoms with van der Waals surface area (Å²) in [6.07, 6.45) is 10.4. The van der Waals surface area contributed by atoms with Crippen LogP contribution in [0.3, 0.4) is 0 Å². The maximum absolute atomic E-state index is 10.6. The highest BCUT2D eigenvalue weighted by Crippen LogP contribution is 2.38. The Morgan fingerprint density at radius 2 is 1.87 bits per heavy atom. The SMILES string of the molecule is C#Cc1cc2ccccc2c(-c2cc3ncncc3cn2)c1O. The zero-order valence-corrected chi connectivity index (χ0v) is 12.1. The molecule has 0 bridgehead atoms. The minimum atomic E-state index is 0.0621. The molecule has 0 saturated carbocycles. The molecule has 2 heterocycles. The molecule has 0 fully saturated rings. The van der Waals surface area contributed by atoms with Crippen LogP contribution in [0, 0.1) is 12.3 Å². The van der Waals surface area contributed by atoms with Gasteiger partial charge >= 0.3 is 0 Å². The van der Waals surface area contributed by atoms with Crippen molar-refractivity contribution in [1.29, 1.82) is 0 Å². The van der Waals surface area contributed by atoms with Crippen molar-refractivity contribution in [1.82, 2.24) is 15.0 Å². The Morgan fingerprint density at radius 1 is 1.00 bits per heavy atom. The summed E-state index contributed by atoms with van der Waals surface area (Å²) in [5.41, 5.74) is 2.46. The van der Waals surface area contributed by atoms with Crippen molar-refractivity contribution < 1.29 is 5.11 Å². The number of benzene rings is 2. The van der Waals surface area contributed by atoms with Gasteiger partial charge in [0.25, 0.3) is 0 Å². The predicted octanol–water partition coefficient (Wildman–Crippen LogP) is 3.53. The van der Waals surface area contributed by atoms with Crippen molar-refractivity contribution in [2.75, 3.05) is 0 Å². The zero-order chi connectivity index (χ0) is 15.8. The van der Waals surface area contributed by atoms with Crippen LogP contribution in [-0.4, -0.2) is 20.1 Å². The fourth-order valence-electron chi connectivity index (χ4n) is 2.72. The maximum atomic E-state index is 10.6. The molecule has 0 aliphatic heterocycles. The van der Waals surface area contributed by atoms with E-state index in [4.69, 9.17) is 6.42 Å². The molecule has 108 valence electrons. The molecule has 1 N–H and O–H groups in total. The van der Waals surface area contributed by atoms with Gasteiger partial charge in [0.15, 0.2) is 0 Å². The van der Waals surface area contributed by atoms with Gasteiger partial charge in [-0.15, -0.1) is 6.42 Å². The number of hydrogen-bond acceptors (Lipinski definition) is 4. The second-order valence-corrected chi connectivity index (χ2v) is 5.16. The second-order valence-electron chi connectivity index (χ2n) is 5.16. The molecule has 4 aromatic rings. The van der Waals surface area contributed by atoms with Gasteiger partial charge < -0.3 is 5.11 Å². The molecule has 2 aromatic carbocycles. The lowest BCUT2D eigenvalue weighted by Crippen LogP contribution is -1.91. The topological polar surface area (TPSA) is 58.9 Å². The van der Waals surface area contributed by atoms with Crippen LogP contribution in [0.25, 0.3) is 32.9 Å². The number of fused-ring (bicyclic) bond motifs is 2. The van der Waals surface area contributed by atoms with E-state index in [1.807, 2.05) is 30.3 Å². The van der Waals surface area contributed by atoms with Gasteiger partial charge in [-0.25, -0.2) is 9.97 Å². The van der Waals surface area contributed by atoms with Crippen LogP contribution in [0.4, 0.5) is 0 Å². The first-order valence-electron chi connectivity index (χ1n) is 7.05. The number of pyridine rings is 1. The van der Waals surface area contributed by atoms with Crippen molar-refractivity contribution in [2.24, 2.45) is 0 Å². The van der Waals surface area contributed by atoms with Gasteiger partial charge in [-0.1, -0.05) is 30.2 Å². The van der Waals surface area contributed by atoms with E-state index < -0.39 is 0 Å². The van der Waals surface area contributed by atoms with Crippen LogP contribution in [0.2, 0.25) is 0 Å². The summed E-state index contributed by atoms with van der Waals surface area (Å²) in [4.78, 5) is 12.7. The first-order chi connectivity index (χ1) is 11.3. The summed E-state index contributed by atoms with van der Waals surface area (Å²) in [5, 5.41) is 13.3. The van der Waals surface area contributed by atoms with Gasteiger partial charge in [-0.2, -0.15) is 0 Å². The van der Waals surface area contributed by atoms with Gasteiger partial charge in [-0.3, -0.25) is 4.98 Å². The van der Waals surface area contributed by atoms with Crippen LogP contribution in [0.15, 0.2) is 55.1 Å². The normalized spacial score (nSPS) is 10.7. The summed E-state index contributed by atoms with van der Waals surface area (Å²) in [6.45, 7) is 0. The minimum Gasteiger partial charge on any atom is -0.506 e. The molecular formula is C19H11N3O. The molecular weight excluding hydrogens is 286 g/mol. The van der Waals surface area contributed by atoms with E-state index in [0.717, 1.165) is 21.7 Å². The van der Waals surface area contributed by atoms with E-state index in [1.165, 1.54) is 6.33 Å². The highest BCUT2D eigenvalue weighted by molar-refractivity contribution is 6.01. The van der Waals surface area contributed by atoms with E-state index >= 15 is 0 Å². The Morgan fingerprint density at radius 3 is 2.74 bits per heavy atom. The third kappa shape index (κ3) is 2.07. The lowest BCUT2D eigenvalue weighted by molar-refractivity contribution is 0.476. The molecule has 0 spiro atoms. The zero-order valence-electron chi connectivity index (χ0n) is 12.1. The van der Waals surface area contributed by atoms with Crippen molar-refractivity contribution >= 4 is 21.7 Å². The molecule has 4 heteroatoms. The number of phenolic OH excluding ortho intramolecular Hbond substituents is 1. The first-order valence-corrected chi connectivity index (χ1v) is 7.05. The van der Waals surface area contributed by atoms with E-state index in [-0.39, 0.29) is 5.75 Å². The van der Waals surface area contributed by atoms with Gasteiger partial charge in [0.2, 0.25) is 0 Å². The van der Waals surface area contributed by atoms with Gasteiger partial charge in [0, 0.05) is 17.8 Å². The molecule has 4 nitrogen and oxygen atoms in total. The summed E-state index contributed by atoms with van der Waals surface area (Å²) < 4.78 is 0. The van der Waals surface area contributed by atoms with Crippen LogP contribution in [0.1, 0.15) is 5.56 Å².